The quantitative estimate of drug-likeness (QED) is 0.714. The van der Waals surface area contributed by atoms with Gasteiger partial charge >= 0.3 is 7.12 Å². The van der Waals surface area contributed by atoms with Gasteiger partial charge < -0.3 is 14.0 Å². The van der Waals surface area contributed by atoms with Crippen molar-refractivity contribution in [3.05, 3.63) is 11.8 Å². The molecule has 0 aromatic rings. The highest BCUT2D eigenvalue weighted by Gasteiger charge is 2.53. The van der Waals surface area contributed by atoms with Gasteiger partial charge in [-0.2, -0.15) is 0 Å². The van der Waals surface area contributed by atoms with Crippen LogP contribution < -0.4 is 0 Å². The molecule has 0 spiro atoms. The minimum absolute atomic E-state index is 0.449. The van der Waals surface area contributed by atoms with Crippen LogP contribution in [-0.2, 0) is 14.0 Å². The van der Waals surface area contributed by atoms with E-state index < -0.39 is 29.6 Å². The lowest BCUT2D eigenvalue weighted by molar-refractivity contribution is 0.00578. The Hall–Kier alpha value is -0.385. The second kappa shape index (κ2) is 4.37. The average molecular weight is 244 g/mol. The van der Waals surface area contributed by atoms with Gasteiger partial charge in [-0.3, -0.25) is 0 Å². The molecule has 0 atom stereocenters. The van der Waals surface area contributed by atoms with Crippen molar-refractivity contribution < 1.29 is 18.4 Å². The van der Waals surface area contributed by atoms with Gasteiger partial charge in [-0.25, -0.2) is 4.39 Å². The van der Waals surface area contributed by atoms with Crippen LogP contribution in [0.4, 0.5) is 4.39 Å². The van der Waals surface area contributed by atoms with E-state index in [1.807, 2.05) is 27.7 Å². The molecule has 1 rings (SSSR count). The molecule has 3 nitrogen and oxygen atoms in total. The minimum Gasteiger partial charge on any atom is -0.398 e. The first-order chi connectivity index (χ1) is 7.51. The smallest absolute Gasteiger partial charge is 0.398 e. The molecule has 0 bridgehead atoms. The highest BCUT2D eigenvalue weighted by Crippen LogP contribution is 2.39. The molecule has 0 radical (unpaired) electrons. The highest BCUT2D eigenvalue weighted by atomic mass is 19.1. The topological polar surface area (TPSA) is 27.7 Å². The summed E-state index contributed by atoms with van der Waals surface area (Å²) in [5.41, 5.74) is -2.18. The number of hydrogen-bond donors (Lipinski definition) is 0. The summed E-state index contributed by atoms with van der Waals surface area (Å²) in [4.78, 5) is 0. The zero-order valence-corrected chi connectivity index (χ0v) is 11.8. The monoisotopic (exact) mass is 244 g/mol. The Kier molecular flexibility index (Phi) is 3.78. The first kappa shape index (κ1) is 14.7. The molecule has 0 aromatic carbocycles. The van der Waals surface area contributed by atoms with Crippen molar-refractivity contribution in [3.8, 4) is 0 Å². The van der Waals surface area contributed by atoms with Crippen LogP contribution >= 0.6 is 0 Å². The van der Waals surface area contributed by atoms with Crippen molar-refractivity contribution in [3.63, 3.8) is 0 Å². The first-order valence-corrected chi connectivity index (χ1v) is 5.80. The lowest BCUT2D eigenvalue weighted by Crippen LogP contribution is -2.41. The third-order valence-corrected chi connectivity index (χ3v) is 3.49. The summed E-state index contributed by atoms with van der Waals surface area (Å²) in [6.45, 7) is 11.1. The molecule has 0 aliphatic carbocycles. The zero-order valence-electron chi connectivity index (χ0n) is 11.8. The number of halogens is 1. The molecular weight excluding hydrogens is 222 g/mol. The summed E-state index contributed by atoms with van der Waals surface area (Å²) in [6.07, 6.45) is 1.38. The van der Waals surface area contributed by atoms with Gasteiger partial charge in [-0.15, -0.1) is 0 Å². The number of methoxy groups -OCH3 is 1. The maximum atomic E-state index is 14.0. The Morgan fingerprint density at radius 2 is 1.59 bits per heavy atom. The molecule has 17 heavy (non-hydrogen) atoms. The lowest BCUT2D eigenvalue weighted by atomic mass is 9.85. The van der Waals surface area contributed by atoms with Crippen molar-refractivity contribution in [1.82, 2.24) is 0 Å². The Bertz CT molecular complexity index is 308. The molecule has 0 N–H and O–H groups in total. The highest BCUT2D eigenvalue weighted by molar-refractivity contribution is 6.53. The fraction of sp³-hybridized carbons (Fsp3) is 0.833. The van der Waals surface area contributed by atoms with E-state index in [1.54, 1.807) is 13.8 Å². The van der Waals surface area contributed by atoms with Crippen LogP contribution in [0.5, 0.6) is 0 Å². The van der Waals surface area contributed by atoms with Crippen LogP contribution in [0.2, 0.25) is 0 Å². The molecule has 1 saturated heterocycles. The summed E-state index contributed by atoms with van der Waals surface area (Å²) < 4.78 is 30.3. The van der Waals surface area contributed by atoms with Gasteiger partial charge in [0.15, 0.2) is 0 Å². The minimum atomic E-state index is -0.950. The van der Waals surface area contributed by atoms with Gasteiger partial charge in [0.2, 0.25) is 0 Å². The number of rotatable bonds is 3. The largest absolute Gasteiger partial charge is 0.524 e. The van der Waals surface area contributed by atoms with Crippen molar-refractivity contribution in [2.45, 2.75) is 58.3 Å². The van der Waals surface area contributed by atoms with E-state index in [2.05, 4.69) is 0 Å². The molecule has 1 heterocycles. The SMILES string of the molecule is COC(C)(C)C=C(F)B1OC(C)(C)C(C)(C)O1. The van der Waals surface area contributed by atoms with Crippen LogP contribution in [-0.4, -0.2) is 31.0 Å². The Morgan fingerprint density at radius 1 is 1.18 bits per heavy atom. The second-order valence-electron chi connectivity index (χ2n) is 5.93. The summed E-state index contributed by atoms with van der Waals surface area (Å²) in [5, 5.41) is 0. The molecule has 1 aliphatic rings. The van der Waals surface area contributed by atoms with Gasteiger partial charge in [0.1, 0.15) is 5.73 Å². The van der Waals surface area contributed by atoms with E-state index in [4.69, 9.17) is 14.0 Å². The summed E-state index contributed by atoms with van der Waals surface area (Å²) in [5.74, 6) is 0. The van der Waals surface area contributed by atoms with Crippen molar-refractivity contribution in [2.75, 3.05) is 7.11 Å². The van der Waals surface area contributed by atoms with Gasteiger partial charge in [0.05, 0.1) is 16.8 Å². The fourth-order valence-corrected chi connectivity index (χ4v) is 1.41. The van der Waals surface area contributed by atoms with Crippen LogP contribution in [0, 0.1) is 0 Å². The molecule has 1 aliphatic heterocycles. The summed E-state index contributed by atoms with van der Waals surface area (Å²) >= 11 is 0. The second-order valence-corrected chi connectivity index (χ2v) is 5.93. The third-order valence-electron chi connectivity index (χ3n) is 3.49. The molecule has 0 amide bonds. The van der Waals surface area contributed by atoms with Crippen molar-refractivity contribution in [1.29, 1.82) is 0 Å². The molecule has 98 valence electrons. The van der Waals surface area contributed by atoms with Crippen molar-refractivity contribution >= 4 is 7.12 Å². The predicted octanol–water partition coefficient (Wildman–Crippen LogP) is 2.90. The standard InChI is InChI=1S/C12H22BFO3/c1-10(2,15-7)8-9(14)13-16-11(3,4)12(5,6)17-13/h8H,1-7H3. The maximum Gasteiger partial charge on any atom is 0.524 e. The van der Waals surface area contributed by atoms with Crippen LogP contribution in [0.1, 0.15) is 41.5 Å². The molecule has 0 saturated carbocycles. The fourth-order valence-electron chi connectivity index (χ4n) is 1.41. The summed E-state index contributed by atoms with van der Waals surface area (Å²) in [6, 6.07) is 0. The van der Waals surface area contributed by atoms with Crippen LogP contribution in [0.3, 0.4) is 0 Å². The van der Waals surface area contributed by atoms with Crippen LogP contribution in [0.15, 0.2) is 11.8 Å². The number of ether oxygens (including phenoxy) is 1. The van der Waals surface area contributed by atoms with E-state index in [0.717, 1.165) is 0 Å². The molecule has 1 fully saturated rings. The van der Waals surface area contributed by atoms with Gasteiger partial charge in [0.25, 0.3) is 0 Å². The third kappa shape index (κ3) is 3.09. The van der Waals surface area contributed by atoms with E-state index in [-0.39, 0.29) is 0 Å². The predicted molar refractivity (Wildman–Crippen MR) is 66.4 cm³/mol. The maximum absolute atomic E-state index is 14.0. The normalized spacial score (nSPS) is 24.2. The summed E-state index contributed by atoms with van der Waals surface area (Å²) in [7, 11) is 0.586. The van der Waals surface area contributed by atoms with E-state index >= 15 is 0 Å². The molecule has 5 heteroatoms. The van der Waals surface area contributed by atoms with E-state index in [0.29, 0.717) is 0 Å². The Balaban J connectivity index is 2.85. The molecule has 0 unspecified atom stereocenters. The van der Waals surface area contributed by atoms with Crippen LogP contribution in [0.25, 0.3) is 0 Å². The lowest BCUT2D eigenvalue weighted by Gasteiger charge is -2.32. The number of hydrogen-bond acceptors (Lipinski definition) is 3. The van der Waals surface area contributed by atoms with Crippen molar-refractivity contribution in [2.24, 2.45) is 0 Å². The Labute approximate surface area is 103 Å². The Morgan fingerprint density at radius 3 is 1.94 bits per heavy atom. The van der Waals surface area contributed by atoms with E-state index in [9.17, 15) is 4.39 Å². The molecular formula is C12H22BFO3. The van der Waals surface area contributed by atoms with Gasteiger partial charge in [-0.1, -0.05) is 0 Å². The molecule has 0 aromatic heterocycles. The zero-order chi connectivity index (χ0) is 13.5. The van der Waals surface area contributed by atoms with E-state index in [1.165, 1.54) is 13.2 Å². The van der Waals surface area contributed by atoms with Gasteiger partial charge in [-0.05, 0) is 47.6 Å². The first-order valence-electron chi connectivity index (χ1n) is 5.80. The average Bonchev–Trinajstić information content (AvgIpc) is 2.36. The van der Waals surface area contributed by atoms with Gasteiger partial charge in [0, 0.05) is 7.11 Å².